The van der Waals surface area contributed by atoms with E-state index in [4.69, 9.17) is 5.11 Å². The van der Waals surface area contributed by atoms with Gasteiger partial charge >= 0.3 is 5.97 Å². The minimum atomic E-state index is -3.15. The van der Waals surface area contributed by atoms with E-state index in [1.807, 2.05) is 24.0 Å². The molecule has 3 rings (SSSR count). The van der Waals surface area contributed by atoms with Crippen LogP contribution in [-0.2, 0) is 19.4 Å². The first-order valence-electron chi connectivity index (χ1n) is 10.0. The molecule has 2 unspecified atom stereocenters. The zero-order chi connectivity index (χ0) is 22.1. The molecule has 10 heteroatoms. The highest BCUT2D eigenvalue weighted by molar-refractivity contribution is 8.16. The summed E-state index contributed by atoms with van der Waals surface area (Å²) in [4.78, 5) is 31.2. The first-order valence-corrected chi connectivity index (χ1v) is 12.7. The standard InChI is InChI=1S/C20H27N3O5S2/c1-4-22(5-2)14-6-7-15(13(3)10-14)23-16-11-30(27,28)12-17(16)29-20(23)21-18(24)8-9-19(25)26/h6-7,10,16-17H,4-5,8-9,11-12H2,1-3H3,(H,25,26). The quantitative estimate of drug-likeness (QED) is 0.670. The highest BCUT2D eigenvalue weighted by atomic mass is 32.2. The number of carbonyl (C=O) groups is 2. The smallest absolute Gasteiger partial charge is 0.303 e. The van der Waals surface area contributed by atoms with E-state index in [1.165, 1.54) is 11.8 Å². The summed E-state index contributed by atoms with van der Waals surface area (Å²) < 4.78 is 24.4. The van der Waals surface area contributed by atoms with Gasteiger partial charge in [-0.15, -0.1) is 0 Å². The Bertz CT molecular complexity index is 973. The number of amides is 1. The second-order valence-corrected chi connectivity index (χ2v) is 10.9. The van der Waals surface area contributed by atoms with Crippen molar-refractivity contribution in [1.82, 2.24) is 0 Å². The normalized spacial score (nSPS) is 23.6. The van der Waals surface area contributed by atoms with Gasteiger partial charge in [-0.1, -0.05) is 11.8 Å². The third-order valence-electron chi connectivity index (χ3n) is 5.41. The fraction of sp³-hybridized carbons (Fsp3) is 0.550. The third kappa shape index (κ3) is 4.80. The molecule has 8 nitrogen and oxygen atoms in total. The van der Waals surface area contributed by atoms with Crippen LogP contribution < -0.4 is 9.80 Å². The summed E-state index contributed by atoms with van der Waals surface area (Å²) in [6.45, 7) is 7.90. The van der Waals surface area contributed by atoms with Crippen molar-refractivity contribution in [2.24, 2.45) is 4.99 Å². The molecule has 1 amide bonds. The molecular formula is C20H27N3O5S2. The minimum Gasteiger partial charge on any atom is -0.481 e. The van der Waals surface area contributed by atoms with Crippen molar-refractivity contribution in [3.05, 3.63) is 23.8 Å². The molecule has 1 N–H and O–H groups in total. The Morgan fingerprint density at radius 1 is 1.23 bits per heavy atom. The predicted molar refractivity (Wildman–Crippen MR) is 120 cm³/mol. The van der Waals surface area contributed by atoms with E-state index in [0.29, 0.717) is 5.17 Å². The van der Waals surface area contributed by atoms with E-state index in [-0.39, 0.29) is 35.6 Å². The lowest BCUT2D eigenvalue weighted by molar-refractivity contribution is -0.138. The second-order valence-electron chi connectivity index (χ2n) is 7.50. The molecule has 0 aromatic heterocycles. The monoisotopic (exact) mass is 453 g/mol. The molecule has 2 heterocycles. The maximum Gasteiger partial charge on any atom is 0.303 e. The molecule has 0 aliphatic carbocycles. The van der Waals surface area contributed by atoms with Crippen LogP contribution in [0.25, 0.3) is 0 Å². The van der Waals surface area contributed by atoms with Crippen molar-refractivity contribution in [1.29, 1.82) is 0 Å². The number of fused-ring (bicyclic) bond motifs is 1. The highest BCUT2D eigenvalue weighted by Gasteiger charge is 2.49. The number of benzene rings is 1. The third-order valence-corrected chi connectivity index (χ3v) is 8.62. The molecule has 164 valence electrons. The number of amidine groups is 1. The summed E-state index contributed by atoms with van der Waals surface area (Å²) in [6.07, 6.45) is -0.458. The van der Waals surface area contributed by atoms with Crippen LogP contribution in [0.1, 0.15) is 32.3 Å². The first kappa shape index (κ1) is 22.6. The van der Waals surface area contributed by atoms with Crippen LogP contribution in [0, 0.1) is 6.92 Å². The summed E-state index contributed by atoms with van der Waals surface area (Å²) in [5, 5.41) is 9.06. The van der Waals surface area contributed by atoms with Crippen LogP contribution in [-0.4, -0.2) is 66.5 Å². The fourth-order valence-electron chi connectivity index (χ4n) is 3.92. The van der Waals surface area contributed by atoms with Gasteiger partial charge in [0.1, 0.15) is 0 Å². The summed E-state index contributed by atoms with van der Waals surface area (Å²) >= 11 is 1.30. The molecule has 2 fully saturated rings. The topological polar surface area (TPSA) is 107 Å². The van der Waals surface area contributed by atoms with Crippen molar-refractivity contribution < 1.29 is 23.1 Å². The molecule has 0 radical (unpaired) electrons. The number of carboxylic acid groups (broad SMARTS) is 1. The van der Waals surface area contributed by atoms with Gasteiger partial charge in [-0.25, -0.2) is 8.42 Å². The predicted octanol–water partition coefficient (Wildman–Crippen LogP) is 2.31. The van der Waals surface area contributed by atoms with E-state index < -0.39 is 21.7 Å². The number of sulfone groups is 1. The molecule has 2 aliphatic heterocycles. The van der Waals surface area contributed by atoms with Gasteiger partial charge < -0.3 is 14.9 Å². The van der Waals surface area contributed by atoms with Crippen molar-refractivity contribution in [3.63, 3.8) is 0 Å². The molecule has 1 aromatic carbocycles. The van der Waals surface area contributed by atoms with E-state index in [2.05, 4.69) is 29.8 Å². The Balaban J connectivity index is 1.96. The highest BCUT2D eigenvalue weighted by Crippen LogP contribution is 2.42. The zero-order valence-electron chi connectivity index (χ0n) is 17.4. The van der Waals surface area contributed by atoms with Crippen molar-refractivity contribution in [2.75, 3.05) is 34.4 Å². The number of hydrogen-bond acceptors (Lipinski definition) is 6. The van der Waals surface area contributed by atoms with E-state index >= 15 is 0 Å². The lowest BCUT2D eigenvalue weighted by Crippen LogP contribution is -2.38. The number of carbonyl (C=O) groups excluding carboxylic acids is 1. The molecule has 1 aromatic rings. The second kappa shape index (κ2) is 8.97. The summed E-state index contributed by atoms with van der Waals surface area (Å²) in [7, 11) is -3.15. The zero-order valence-corrected chi connectivity index (χ0v) is 19.0. The van der Waals surface area contributed by atoms with Gasteiger partial charge in [0.05, 0.1) is 24.0 Å². The van der Waals surface area contributed by atoms with Crippen LogP contribution in [0.3, 0.4) is 0 Å². The minimum absolute atomic E-state index is 0.0181. The van der Waals surface area contributed by atoms with Crippen LogP contribution in [0.2, 0.25) is 0 Å². The first-order chi connectivity index (χ1) is 14.1. The molecular weight excluding hydrogens is 426 g/mol. The van der Waals surface area contributed by atoms with Gasteiger partial charge in [0.25, 0.3) is 0 Å². The van der Waals surface area contributed by atoms with Crippen LogP contribution in [0.15, 0.2) is 23.2 Å². The van der Waals surface area contributed by atoms with Gasteiger partial charge in [0, 0.05) is 36.1 Å². The van der Waals surface area contributed by atoms with Crippen LogP contribution in [0.5, 0.6) is 0 Å². The molecule has 0 bridgehead atoms. The molecule has 2 aliphatic rings. The number of hydrogen-bond donors (Lipinski definition) is 1. The van der Waals surface area contributed by atoms with Gasteiger partial charge in [-0.2, -0.15) is 4.99 Å². The maximum atomic E-state index is 12.2. The average molecular weight is 454 g/mol. The van der Waals surface area contributed by atoms with E-state index in [1.54, 1.807) is 0 Å². The summed E-state index contributed by atoms with van der Waals surface area (Å²) in [6, 6.07) is 5.73. The van der Waals surface area contributed by atoms with Crippen molar-refractivity contribution in [3.8, 4) is 0 Å². The average Bonchev–Trinajstić information content (AvgIpc) is 3.12. The number of aryl methyl sites for hydroxylation is 1. The molecule has 30 heavy (non-hydrogen) atoms. The number of rotatable bonds is 7. The number of nitrogens with zero attached hydrogens (tertiary/aromatic N) is 3. The molecule has 0 saturated carbocycles. The van der Waals surface area contributed by atoms with Crippen molar-refractivity contribution >= 4 is 50.0 Å². The Morgan fingerprint density at radius 3 is 2.53 bits per heavy atom. The SMILES string of the molecule is CCN(CC)c1ccc(N2C(=NC(=O)CCC(=O)O)SC3CS(=O)(=O)CC32)c(C)c1. The summed E-state index contributed by atoms with van der Waals surface area (Å²) in [5.74, 6) is -1.49. The number of anilines is 2. The number of thioether (sulfide) groups is 1. The van der Waals surface area contributed by atoms with Gasteiger partial charge in [-0.05, 0) is 44.5 Å². The number of aliphatic carboxylic acids is 1. The van der Waals surface area contributed by atoms with E-state index in [9.17, 15) is 18.0 Å². The van der Waals surface area contributed by atoms with Gasteiger partial charge in [0.15, 0.2) is 15.0 Å². The van der Waals surface area contributed by atoms with Crippen LogP contribution >= 0.6 is 11.8 Å². The Labute approximate surface area is 181 Å². The Kier molecular flexibility index (Phi) is 6.76. The fourth-order valence-corrected chi connectivity index (χ4v) is 7.84. The van der Waals surface area contributed by atoms with Gasteiger partial charge in [-0.3, -0.25) is 9.59 Å². The molecule has 0 spiro atoms. The number of carboxylic acids is 1. The Hall–Kier alpha value is -2.07. The van der Waals surface area contributed by atoms with Crippen LogP contribution in [0.4, 0.5) is 11.4 Å². The summed E-state index contributed by atoms with van der Waals surface area (Å²) in [5.41, 5.74) is 2.88. The molecule has 2 atom stereocenters. The largest absolute Gasteiger partial charge is 0.481 e. The van der Waals surface area contributed by atoms with Gasteiger partial charge in [0.2, 0.25) is 5.91 Å². The number of aliphatic imine (C=N–C) groups is 1. The van der Waals surface area contributed by atoms with E-state index in [0.717, 1.165) is 30.0 Å². The lowest BCUT2D eigenvalue weighted by Gasteiger charge is -2.28. The Morgan fingerprint density at radius 2 is 1.93 bits per heavy atom. The van der Waals surface area contributed by atoms with Crippen molar-refractivity contribution in [2.45, 2.75) is 44.9 Å². The molecule has 2 saturated heterocycles. The maximum absolute atomic E-state index is 12.2. The lowest BCUT2D eigenvalue weighted by atomic mass is 10.1.